The summed E-state index contributed by atoms with van der Waals surface area (Å²) in [5.74, 6) is -0.0708. The lowest BCUT2D eigenvalue weighted by molar-refractivity contribution is 0.0521. The molecule has 1 aliphatic heterocycles. The van der Waals surface area contributed by atoms with Crippen LogP contribution in [0.1, 0.15) is 17.3 Å². The highest BCUT2D eigenvalue weighted by Gasteiger charge is 2.34. The highest BCUT2D eigenvalue weighted by Crippen LogP contribution is 2.19. The van der Waals surface area contributed by atoms with Crippen LogP contribution < -0.4 is 0 Å². The molecule has 0 aliphatic carbocycles. The molecule has 0 saturated carbocycles. The number of aliphatic hydroxyl groups excluding tert-OH is 1. The second kappa shape index (κ2) is 5.26. The number of hydrogen-bond donors (Lipinski definition) is 2. The fourth-order valence-corrected chi connectivity index (χ4v) is 2.70. The molecule has 0 bridgehead atoms. The van der Waals surface area contributed by atoms with Crippen molar-refractivity contribution in [3.8, 4) is 0 Å². The van der Waals surface area contributed by atoms with Gasteiger partial charge in [0, 0.05) is 23.8 Å². The van der Waals surface area contributed by atoms with Gasteiger partial charge in [-0.25, -0.2) is 0 Å². The van der Waals surface area contributed by atoms with E-state index in [-0.39, 0.29) is 11.9 Å². The minimum absolute atomic E-state index is 0.0708. The number of hydrogen-bond acceptors (Lipinski definition) is 3. The van der Waals surface area contributed by atoms with Crippen LogP contribution in [0.25, 0.3) is 10.9 Å². The van der Waals surface area contributed by atoms with Gasteiger partial charge in [-0.15, -0.1) is 0 Å². The molecule has 5 heteroatoms. The SMILES string of the molecule is CCN(C(=O)c1ccc2cc[nH]c2c1)[C@H]1COC[C@@H]1O. The molecule has 1 aromatic carbocycles. The van der Waals surface area contributed by atoms with E-state index in [1.807, 2.05) is 37.4 Å². The molecule has 2 N–H and O–H groups in total. The summed E-state index contributed by atoms with van der Waals surface area (Å²) in [5, 5.41) is 11.0. The highest BCUT2D eigenvalue weighted by atomic mass is 16.5. The Morgan fingerprint density at radius 1 is 1.45 bits per heavy atom. The number of rotatable bonds is 3. The van der Waals surface area contributed by atoms with E-state index >= 15 is 0 Å². The van der Waals surface area contributed by atoms with Crippen LogP contribution in [0, 0.1) is 0 Å². The summed E-state index contributed by atoms with van der Waals surface area (Å²) in [6.07, 6.45) is 1.25. The monoisotopic (exact) mass is 274 g/mol. The van der Waals surface area contributed by atoms with Gasteiger partial charge >= 0.3 is 0 Å². The van der Waals surface area contributed by atoms with Gasteiger partial charge < -0.3 is 19.7 Å². The molecule has 1 fully saturated rings. The van der Waals surface area contributed by atoms with Crippen LogP contribution in [0.15, 0.2) is 30.5 Å². The quantitative estimate of drug-likeness (QED) is 0.889. The zero-order valence-electron chi connectivity index (χ0n) is 11.4. The second-order valence-electron chi connectivity index (χ2n) is 5.04. The molecule has 3 rings (SSSR count). The number of likely N-dealkylation sites (N-methyl/N-ethyl adjacent to an activating group) is 1. The topological polar surface area (TPSA) is 65.6 Å². The van der Waals surface area contributed by atoms with Crippen molar-refractivity contribution >= 4 is 16.8 Å². The van der Waals surface area contributed by atoms with Crippen LogP contribution in [0.3, 0.4) is 0 Å². The van der Waals surface area contributed by atoms with Crippen molar-refractivity contribution < 1.29 is 14.6 Å². The molecular weight excluding hydrogens is 256 g/mol. The molecule has 0 spiro atoms. The van der Waals surface area contributed by atoms with E-state index in [1.165, 1.54) is 0 Å². The summed E-state index contributed by atoms with van der Waals surface area (Å²) in [6, 6.07) is 7.31. The predicted octanol–water partition coefficient (Wildman–Crippen LogP) is 1.39. The smallest absolute Gasteiger partial charge is 0.254 e. The molecule has 106 valence electrons. The minimum atomic E-state index is -0.604. The van der Waals surface area contributed by atoms with Crippen LogP contribution in [0.4, 0.5) is 0 Å². The number of nitrogens with zero attached hydrogens (tertiary/aromatic N) is 1. The first-order chi connectivity index (χ1) is 9.70. The first kappa shape index (κ1) is 13.1. The molecule has 1 aromatic heterocycles. The summed E-state index contributed by atoms with van der Waals surface area (Å²) >= 11 is 0. The maximum atomic E-state index is 12.6. The van der Waals surface area contributed by atoms with Crippen molar-refractivity contribution in [2.24, 2.45) is 0 Å². The Bertz CT molecular complexity index is 622. The van der Waals surface area contributed by atoms with Gasteiger partial charge in [0.05, 0.1) is 25.4 Å². The Kier molecular flexibility index (Phi) is 3.46. The number of aromatic nitrogens is 1. The summed E-state index contributed by atoms with van der Waals surface area (Å²) in [4.78, 5) is 17.4. The lowest BCUT2D eigenvalue weighted by atomic mass is 10.1. The molecular formula is C15H18N2O3. The molecule has 20 heavy (non-hydrogen) atoms. The number of aliphatic hydroxyl groups is 1. The van der Waals surface area contributed by atoms with E-state index in [2.05, 4.69) is 4.98 Å². The van der Waals surface area contributed by atoms with Crippen molar-refractivity contribution in [3.05, 3.63) is 36.0 Å². The van der Waals surface area contributed by atoms with Gasteiger partial charge in [-0.3, -0.25) is 4.79 Å². The normalized spacial score (nSPS) is 22.3. The van der Waals surface area contributed by atoms with Crippen molar-refractivity contribution in [1.82, 2.24) is 9.88 Å². The van der Waals surface area contributed by atoms with Gasteiger partial charge in [-0.05, 0) is 30.5 Å². The maximum absolute atomic E-state index is 12.6. The zero-order valence-corrected chi connectivity index (χ0v) is 11.4. The van der Waals surface area contributed by atoms with Gasteiger partial charge in [0.2, 0.25) is 0 Å². The van der Waals surface area contributed by atoms with Crippen molar-refractivity contribution in [2.45, 2.75) is 19.1 Å². The molecule has 2 heterocycles. The van der Waals surface area contributed by atoms with Crippen molar-refractivity contribution in [3.63, 3.8) is 0 Å². The van der Waals surface area contributed by atoms with E-state index in [4.69, 9.17) is 4.74 Å². The van der Waals surface area contributed by atoms with Gasteiger partial charge in [0.15, 0.2) is 0 Å². The number of H-pyrrole nitrogens is 1. The van der Waals surface area contributed by atoms with Gasteiger partial charge in [-0.1, -0.05) is 6.07 Å². The number of aromatic amines is 1. The van der Waals surface area contributed by atoms with E-state index < -0.39 is 6.10 Å². The maximum Gasteiger partial charge on any atom is 0.254 e. The number of nitrogens with one attached hydrogen (secondary N) is 1. The fraction of sp³-hybridized carbons (Fsp3) is 0.400. The number of fused-ring (bicyclic) bond motifs is 1. The molecule has 1 amide bonds. The van der Waals surface area contributed by atoms with Crippen LogP contribution in [-0.4, -0.2) is 52.8 Å². The highest BCUT2D eigenvalue weighted by molar-refractivity contribution is 5.98. The number of amides is 1. The lowest BCUT2D eigenvalue weighted by Crippen LogP contribution is -2.46. The van der Waals surface area contributed by atoms with E-state index in [9.17, 15) is 9.90 Å². The Hall–Kier alpha value is -1.85. The van der Waals surface area contributed by atoms with Crippen molar-refractivity contribution in [1.29, 1.82) is 0 Å². The van der Waals surface area contributed by atoms with Crippen LogP contribution in [0.5, 0.6) is 0 Å². The molecule has 5 nitrogen and oxygen atoms in total. The van der Waals surface area contributed by atoms with Crippen LogP contribution >= 0.6 is 0 Å². The summed E-state index contributed by atoms with van der Waals surface area (Å²) in [5.41, 5.74) is 1.57. The Morgan fingerprint density at radius 3 is 3.00 bits per heavy atom. The standard InChI is InChI=1S/C15H18N2O3/c1-2-17(13-8-20-9-14(13)18)15(19)11-4-3-10-5-6-16-12(10)7-11/h3-7,13-14,16,18H,2,8-9H2,1H3/t13-,14-/m0/s1. The van der Waals surface area contributed by atoms with Crippen molar-refractivity contribution in [2.75, 3.05) is 19.8 Å². The molecule has 0 unspecified atom stereocenters. The molecule has 0 radical (unpaired) electrons. The second-order valence-corrected chi connectivity index (χ2v) is 5.04. The van der Waals surface area contributed by atoms with Gasteiger partial charge in [0.1, 0.15) is 0 Å². The number of carbonyl (C=O) groups excluding carboxylic acids is 1. The summed E-state index contributed by atoms with van der Waals surface area (Å²) in [6.45, 7) is 3.15. The third-order valence-electron chi connectivity index (χ3n) is 3.83. The minimum Gasteiger partial charge on any atom is -0.388 e. The average Bonchev–Trinajstić information content (AvgIpc) is 3.08. The Labute approximate surface area is 117 Å². The third kappa shape index (κ3) is 2.19. The Morgan fingerprint density at radius 2 is 2.30 bits per heavy atom. The van der Waals surface area contributed by atoms with E-state index in [0.29, 0.717) is 25.3 Å². The molecule has 2 aromatic rings. The number of benzene rings is 1. The molecule has 1 saturated heterocycles. The largest absolute Gasteiger partial charge is 0.388 e. The first-order valence-corrected chi connectivity index (χ1v) is 6.84. The first-order valence-electron chi connectivity index (χ1n) is 6.84. The Balaban J connectivity index is 1.89. The average molecular weight is 274 g/mol. The van der Waals surface area contributed by atoms with E-state index in [0.717, 1.165) is 10.9 Å². The number of carbonyl (C=O) groups is 1. The van der Waals surface area contributed by atoms with Crippen LogP contribution in [-0.2, 0) is 4.74 Å². The fourth-order valence-electron chi connectivity index (χ4n) is 2.70. The number of ether oxygens (including phenoxy) is 1. The van der Waals surface area contributed by atoms with E-state index in [1.54, 1.807) is 4.90 Å². The van der Waals surface area contributed by atoms with Gasteiger partial charge in [-0.2, -0.15) is 0 Å². The summed E-state index contributed by atoms with van der Waals surface area (Å²) < 4.78 is 5.25. The molecule has 2 atom stereocenters. The predicted molar refractivity (Wildman–Crippen MR) is 75.6 cm³/mol. The third-order valence-corrected chi connectivity index (χ3v) is 3.83. The van der Waals surface area contributed by atoms with Crippen LogP contribution in [0.2, 0.25) is 0 Å². The van der Waals surface area contributed by atoms with Gasteiger partial charge in [0.25, 0.3) is 5.91 Å². The summed E-state index contributed by atoms with van der Waals surface area (Å²) in [7, 11) is 0. The zero-order chi connectivity index (χ0) is 14.1. The lowest BCUT2D eigenvalue weighted by Gasteiger charge is -2.28. The molecule has 1 aliphatic rings.